The lowest BCUT2D eigenvalue weighted by molar-refractivity contribution is 0.0690. The van der Waals surface area contributed by atoms with Gasteiger partial charge in [0, 0.05) is 0 Å². The van der Waals surface area contributed by atoms with Crippen molar-refractivity contribution in [2.24, 2.45) is 0 Å². The van der Waals surface area contributed by atoms with Gasteiger partial charge in [0.25, 0.3) is 5.91 Å². The van der Waals surface area contributed by atoms with E-state index < -0.39 is 5.60 Å². The summed E-state index contributed by atoms with van der Waals surface area (Å²) < 4.78 is 0.564. The number of nitrogens with one attached hydrogen (secondary N) is 2. The number of aliphatic hydroxyl groups is 1. The number of hydrogen-bond acceptors (Lipinski definition) is 5. The van der Waals surface area contributed by atoms with Crippen LogP contribution in [0.2, 0.25) is 4.34 Å². The van der Waals surface area contributed by atoms with Crippen molar-refractivity contribution >= 4 is 28.8 Å². The predicted octanol–water partition coefficient (Wildman–Crippen LogP) is 1.68. The van der Waals surface area contributed by atoms with Gasteiger partial charge in [0.05, 0.1) is 15.8 Å². The Labute approximate surface area is 118 Å². The fraction of sp³-hybridized carbons (Fsp3) is 0.364. The molecule has 2 rings (SSSR count). The van der Waals surface area contributed by atoms with Gasteiger partial charge in [-0.3, -0.25) is 9.89 Å². The van der Waals surface area contributed by atoms with Crippen LogP contribution in [0, 0.1) is 0 Å². The highest BCUT2D eigenvalue weighted by molar-refractivity contribution is 7.17. The molecule has 0 saturated heterocycles. The summed E-state index contributed by atoms with van der Waals surface area (Å²) in [6, 6.07) is 3.33. The molecule has 0 spiro atoms. The van der Waals surface area contributed by atoms with Crippen molar-refractivity contribution in [2.75, 3.05) is 0 Å². The number of nitrogens with zero attached hydrogens (tertiary/aromatic N) is 2. The maximum Gasteiger partial charge on any atom is 0.261 e. The highest BCUT2D eigenvalue weighted by Crippen LogP contribution is 2.21. The van der Waals surface area contributed by atoms with Gasteiger partial charge in [0.1, 0.15) is 11.4 Å². The van der Waals surface area contributed by atoms with Crippen molar-refractivity contribution in [1.82, 2.24) is 20.5 Å². The summed E-state index contributed by atoms with van der Waals surface area (Å²) in [7, 11) is 0. The van der Waals surface area contributed by atoms with Gasteiger partial charge in [-0.25, -0.2) is 4.98 Å². The Kier molecular flexibility index (Phi) is 3.88. The van der Waals surface area contributed by atoms with E-state index in [9.17, 15) is 9.90 Å². The predicted molar refractivity (Wildman–Crippen MR) is 72.1 cm³/mol. The lowest BCUT2D eigenvalue weighted by atomic mass is 10.1. The normalized spacial score (nSPS) is 11.6. The monoisotopic (exact) mass is 300 g/mol. The Bertz CT molecular complexity index is 588. The first-order valence-corrected chi connectivity index (χ1v) is 6.73. The van der Waals surface area contributed by atoms with Gasteiger partial charge in [-0.05, 0) is 26.0 Å². The first kappa shape index (κ1) is 14.0. The van der Waals surface area contributed by atoms with Gasteiger partial charge in [-0.2, -0.15) is 5.10 Å². The van der Waals surface area contributed by atoms with Crippen LogP contribution in [0.15, 0.2) is 12.1 Å². The van der Waals surface area contributed by atoms with Crippen LogP contribution in [-0.2, 0) is 12.1 Å². The number of amides is 1. The summed E-state index contributed by atoms with van der Waals surface area (Å²) in [4.78, 5) is 16.4. The third-order valence-electron chi connectivity index (χ3n) is 2.29. The molecule has 0 unspecified atom stereocenters. The lowest BCUT2D eigenvalue weighted by Gasteiger charge is -2.10. The summed E-state index contributed by atoms with van der Waals surface area (Å²) in [5.74, 6) is 0.544. The number of carbonyl (C=O) groups is 1. The summed E-state index contributed by atoms with van der Waals surface area (Å²) in [6.45, 7) is 3.38. The Morgan fingerprint density at radius 3 is 2.84 bits per heavy atom. The molecule has 6 nitrogen and oxygen atoms in total. The first-order chi connectivity index (χ1) is 8.86. The zero-order valence-electron chi connectivity index (χ0n) is 10.4. The van der Waals surface area contributed by atoms with Crippen LogP contribution in [0.3, 0.4) is 0 Å². The third-order valence-corrected chi connectivity index (χ3v) is 3.52. The summed E-state index contributed by atoms with van der Waals surface area (Å²) in [6.07, 6.45) is 0. The largest absolute Gasteiger partial charge is 0.382 e. The van der Waals surface area contributed by atoms with E-state index >= 15 is 0 Å². The highest BCUT2D eigenvalue weighted by atomic mass is 35.5. The van der Waals surface area contributed by atoms with Crippen LogP contribution < -0.4 is 5.32 Å². The van der Waals surface area contributed by atoms with Crippen LogP contribution >= 0.6 is 22.9 Å². The van der Waals surface area contributed by atoms with Crippen molar-refractivity contribution in [1.29, 1.82) is 0 Å². The summed E-state index contributed by atoms with van der Waals surface area (Å²) >= 11 is 6.96. The average molecular weight is 301 g/mol. The van der Waals surface area contributed by atoms with Crippen molar-refractivity contribution in [3.63, 3.8) is 0 Å². The van der Waals surface area contributed by atoms with E-state index in [1.54, 1.807) is 26.0 Å². The molecule has 0 radical (unpaired) electrons. The molecule has 19 heavy (non-hydrogen) atoms. The van der Waals surface area contributed by atoms with Crippen LogP contribution in [-0.4, -0.2) is 26.2 Å². The molecule has 102 valence electrons. The average Bonchev–Trinajstić information content (AvgIpc) is 2.93. The van der Waals surface area contributed by atoms with Crippen molar-refractivity contribution in [3.8, 4) is 0 Å². The SMILES string of the molecule is CC(C)(O)c1n[nH]c(CNC(=O)c2ccc(Cl)s2)n1. The molecule has 3 N–H and O–H groups in total. The number of hydrogen-bond donors (Lipinski definition) is 3. The van der Waals surface area contributed by atoms with E-state index in [-0.39, 0.29) is 18.3 Å². The Balaban J connectivity index is 1.96. The molecule has 0 atom stereocenters. The van der Waals surface area contributed by atoms with E-state index in [2.05, 4.69) is 20.5 Å². The minimum Gasteiger partial charge on any atom is -0.382 e. The molecule has 0 aliphatic heterocycles. The van der Waals surface area contributed by atoms with Crippen molar-refractivity contribution in [2.45, 2.75) is 26.0 Å². The lowest BCUT2D eigenvalue weighted by Crippen LogP contribution is -2.22. The maximum absolute atomic E-state index is 11.8. The second-order valence-electron chi connectivity index (χ2n) is 4.45. The molecular weight excluding hydrogens is 288 g/mol. The number of rotatable bonds is 4. The van der Waals surface area contributed by atoms with Gasteiger partial charge in [-0.15, -0.1) is 11.3 Å². The molecule has 8 heteroatoms. The van der Waals surface area contributed by atoms with Gasteiger partial charge >= 0.3 is 0 Å². The fourth-order valence-corrected chi connectivity index (χ4v) is 2.29. The Hall–Kier alpha value is -1.44. The zero-order valence-corrected chi connectivity index (χ0v) is 12.0. The van der Waals surface area contributed by atoms with Crippen molar-refractivity contribution < 1.29 is 9.90 Å². The van der Waals surface area contributed by atoms with Crippen molar-refractivity contribution in [3.05, 3.63) is 33.0 Å². The topological polar surface area (TPSA) is 90.9 Å². The van der Waals surface area contributed by atoms with E-state index in [0.29, 0.717) is 15.0 Å². The van der Waals surface area contributed by atoms with E-state index in [0.717, 1.165) is 0 Å². The Morgan fingerprint density at radius 2 is 2.32 bits per heavy atom. The summed E-state index contributed by atoms with van der Waals surface area (Å²) in [5.41, 5.74) is -1.11. The quantitative estimate of drug-likeness (QED) is 0.801. The molecule has 2 heterocycles. The smallest absolute Gasteiger partial charge is 0.261 e. The molecule has 0 aliphatic carbocycles. The zero-order chi connectivity index (χ0) is 14.0. The molecule has 0 saturated carbocycles. The van der Waals surface area contributed by atoms with Crippen LogP contribution in [0.1, 0.15) is 35.2 Å². The standard InChI is InChI=1S/C11H13ClN4O2S/c1-11(2,18)10-14-8(15-16-10)5-13-9(17)6-3-4-7(12)19-6/h3-4,18H,5H2,1-2H3,(H,13,17)(H,14,15,16). The third kappa shape index (κ3) is 3.52. The number of aromatic amines is 1. The molecule has 0 aliphatic rings. The summed E-state index contributed by atoms with van der Waals surface area (Å²) in [5, 5.41) is 19.0. The number of aromatic nitrogens is 3. The van der Waals surface area contributed by atoms with Crippen LogP contribution in [0.4, 0.5) is 0 Å². The van der Waals surface area contributed by atoms with Crippen LogP contribution in [0.5, 0.6) is 0 Å². The second kappa shape index (κ2) is 5.28. The Morgan fingerprint density at radius 1 is 1.58 bits per heavy atom. The number of thiophene rings is 1. The molecule has 0 bridgehead atoms. The second-order valence-corrected chi connectivity index (χ2v) is 6.17. The fourth-order valence-electron chi connectivity index (χ4n) is 1.34. The molecule has 0 aromatic carbocycles. The van der Waals surface area contributed by atoms with Gasteiger partial charge in [0.2, 0.25) is 0 Å². The minimum atomic E-state index is -1.11. The number of carbonyl (C=O) groups excluding carboxylic acids is 1. The van der Waals surface area contributed by atoms with Crippen LogP contribution in [0.25, 0.3) is 0 Å². The van der Waals surface area contributed by atoms with Gasteiger partial charge in [0.15, 0.2) is 5.82 Å². The van der Waals surface area contributed by atoms with E-state index in [4.69, 9.17) is 11.6 Å². The number of halogens is 1. The minimum absolute atomic E-state index is 0.206. The number of H-pyrrole nitrogens is 1. The van der Waals surface area contributed by atoms with Gasteiger partial charge < -0.3 is 10.4 Å². The van der Waals surface area contributed by atoms with E-state index in [1.807, 2.05) is 0 Å². The molecule has 0 fully saturated rings. The first-order valence-electron chi connectivity index (χ1n) is 5.54. The maximum atomic E-state index is 11.8. The van der Waals surface area contributed by atoms with Gasteiger partial charge in [-0.1, -0.05) is 11.6 Å². The van der Waals surface area contributed by atoms with E-state index in [1.165, 1.54) is 11.3 Å². The molecular formula is C11H13ClN4O2S. The molecule has 2 aromatic heterocycles. The highest BCUT2D eigenvalue weighted by Gasteiger charge is 2.21. The molecule has 1 amide bonds. The molecule has 2 aromatic rings.